The first kappa shape index (κ1) is 13.9. The van der Waals surface area contributed by atoms with Crippen LogP contribution in [0, 0.1) is 5.92 Å². The van der Waals surface area contributed by atoms with Crippen LogP contribution in [0.3, 0.4) is 0 Å². The van der Waals surface area contributed by atoms with Gasteiger partial charge in [-0.1, -0.05) is 30.9 Å². The first-order valence-corrected chi connectivity index (χ1v) is 8.41. The average molecular weight is 283 g/mol. The van der Waals surface area contributed by atoms with Crippen molar-refractivity contribution in [2.45, 2.75) is 63.5 Å². The van der Waals surface area contributed by atoms with Crippen molar-refractivity contribution >= 4 is 11.6 Å². The molecule has 3 rings (SSSR count). The van der Waals surface area contributed by atoms with E-state index in [-0.39, 0.29) is 0 Å². The first-order valence-electron chi connectivity index (χ1n) is 7.97. The molecule has 3 aliphatic rings. The number of halogens is 1. The monoisotopic (exact) mass is 282 g/mol. The van der Waals surface area contributed by atoms with Gasteiger partial charge < -0.3 is 5.32 Å². The average Bonchev–Trinajstić information content (AvgIpc) is 3.24. The summed E-state index contributed by atoms with van der Waals surface area (Å²) in [5.74, 6) is 0.941. The van der Waals surface area contributed by atoms with Crippen LogP contribution < -0.4 is 5.32 Å². The molecule has 1 atom stereocenters. The number of hydrogen-bond acceptors (Lipinski definition) is 2. The fourth-order valence-electron chi connectivity index (χ4n) is 4.05. The minimum Gasteiger partial charge on any atom is -0.308 e. The van der Waals surface area contributed by atoms with Gasteiger partial charge in [-0.25, -0.2) is 0 Å². The zero-order chi connectivity index (χ0) is 13.3. The third-order valence-corrected chi connectivity index (χ3v) is 5.65. The summed E-state index contributed by atoms with van der Waals surface area (Å²) in [6, 6.07) is 0.749. The van der Waals surface area contributed by atoms with Crippen molar-refractivity contribution in [3.05, 3.63) is 11.1 Å². The van der Waals surface area contributed by atoms with E-state index in [1.165, 1.54) is 63.6 Å². The second-order valence-corrected chi connectivity index (χ2v) is 7.21. The largest absolute Gasteiger partial charge is 0.308 e. The van der Waals surface area contributed by atoms with Crippen LogP contribution in [0.1, 0.15) is 51.9 Å². The molecule has 0 amide bonds. The SMILES string of the molecule is CC(=CCl)CN1CC2(CCCCC2)NCC1C1CC1. The molecule has 0 aromatic heterocycles. The Bertz CT molecular complexity index is 343. The lowest BCUT2D eigenvalue weighted by molar-refractivity contribution is 0.0535. The standard InChI is InChI=1S/C16H27ClN2/c1-13(9-17)11-19-12-16(7-3-2-4-8-16)18-10-15(19)14-5-6-14/h9,14-15,18H,2-8,10-12H2,1H3. The molecule has 1 heterocycles. The van der Waals surface area contributed by atoms with E-state index >= 15 is 0 Å². The molecule has 0 bridgehead atoms. The molecule has 3 fully saturated rings. The third-order valence-electron chi connectivity index (χ3n) is 5.28. The van der Waals surface area contributed by atoms with E-state index < -0.39 is 0 Å². The topological polar surface area (TPSA) is 15.3 Å². The minimum absolute atomic E-state index is 0.413. The Morgan fingerprint density at radius 2 is 2.05 bits per heavy atom. The molecular formula is C16H27ClN2. The van der Waals surface area contributed by atoms with E-state index in [0.717, 1.165) is 18.5 Å². The van der Waals surface area contributed by atoms with Gasteiger partial charge in [-0.05, 0) is 44.1 Å². The quantitative estimate of drug-likeness (QED) is 0.852. The van der Waals surface area contributed by atoms with Crippen LogP contribution in [0.4, 0.5) is 0 Å². The maximum atomic E-state index is 5.89. The van der Waals surface area contributed by atoms with Gasteiger partial charge in [-0.3, -0.25) is 4.90 Å². The molecule has 108 valence electrons. The van der Waals surface area contributed by atoms with E-state index in [1.54, 1.807) is 5.54 Å². The zero-order valence-electron chi connectivity index (χ0n) is 12.1. The number of rotatable bonds is 3. The van der Waals surface area contributed by atoms with Gasteiger partial charge in [0.1, 0.15) is 0 Å². The molecule has 1 spiro atoms. The molecule has 2 saturated carbocycles. The van der Waals surface area contributed by atoms with Gasteiger partial charge in [0.25, 0.3) is 0 Å². The molecule has 0 aromatic carbocycles. The van der Waals surface area contributed by atoms with Crippen molar-refractivity contribution in [1.82, 2.24) is 10.2 Å². The van der Waals surface area contributed by atoms with Crippen LogP contribution in [0.25, 0.3) is 0 Å². The van der Waals surface area contributed by atoms with E-state index in [9.17, 15) is 0 Å². The highest BCUT2D eigenvalue weighted by molar-refractivity contribution is 6.25. The van der Waals surface area contributed by atoms with Crippen molar-refractivity contribution in [3.8, 4) is 0 Å². The number of nitrogens with zero attached hydrogens (tertiary/aromatic N) is 1. The molecule has 2 nitrogen and oxygen atoms in total. The van der Waals surface area contributed by atoms with Gasteiger partial charge in [-0.15, -0.1) is 0 Å². The lowest BCUT2D eigenvalue weighted by Gasteiger charge is -2.50. The van der Waals surface area contributed by atoms with Gasteiger partial charge in [0.15, 0.2) is 0 Å². The fourth-order valence-corrected chi connectivity index (χ4v) is 4.12. The molecule has 1 aliphatic heterocycles. The van der Waals surface area contributed by atoms with Crippen molar-refractivity contribution < 1.29 is 0 Å². The van der Waals surface area contributed by atoms with E-state index in [4.69, 9.17) is 11.6 Å². The summed E-state index contributed by atoms with van der Waals surface area (Å²) in [4.78, 5) is 2.73. The van der Waals surface area contributed by atoms with Gasteiger partial charge in [-0.2, -0.15) is 0 Å². The van der Waals surface area contributed by atoms with Crippen molar-refractivity contribution in [2.75, 3.05) is 19.6 Å². The Hall–Kier alpha value is -0.0500. The molecule has 19 heavy (non-hydrogen) atoms. The fraction of sp³-hybridized carbons (Fsp3) is 0.875. The van der Waals surface area contributed by atoms with Crippen molar-refractivity contribution in [2.24, 2.45) is 5.92 Å². The smallest absolute Gasteiger partial charge is 0.0309 e. The van der Waals surface area contributed by atoms with Crippen LogP contribution in [-0.4, -0.2) is 36.1 Å². The Balaban J connectivity index is 1.70. The second-order valence-electron chi connectivity index (χ2n) is 6.99. The molecular weight excluding hydrogens is 256 g/mol. The molecule has 1 saturated heterocycles. The first-order chi connectivity index (χ1) is 9.22. The Kier molecular flexibility index (Phi) is 4.21. The van der Waals surface area contributed by atoms with Gasteiger partial charge in [0.2, 0.25) is 0 Å². The maximum absolute atomic E-state index is 5.89. The third kappa shape index (κ3) is 3.17. The molecule has 1 unspecified atom stereocenters. The molecule has 0 radical (unpaired) electrons. The minimum atomic E-state index is 0.413. The Labute approximate surface area is 122 Å². The van der Waals surface area contributed by atoms with Crippen LogP contribution in [0.2, 0.25) is 0 Å². The highest BCUT2D eigenvalue weighted by Gasteiger charge is 2.44. The summed E-state index contributed by atoms with van der Waals surface area (Å²) in [5.41, 5.74) is 3.48. The zero-order valence-corrected chi connectivity index (χ0v) is 12.9. The highest BCUT2D eigenvalue weighted by Crippen LogP contribution is 2.40. The van der Waals surface area contributed by atoms with E-state index in [2.05, 4.69) is 17.1 Å². The van der Waals surface area contributed by atoms with E-state index in [1.807, 2.05) is 0 Å². The number of hydrogen-bond donors (Lipinski definition) is 1. The summed E-state index contributed by atoms with van der Waals surface area (Å²) in [5, 5.41) is 3.93. The predicted molar refractivity (Wildman–Crippen MR) is 81.5 cm³/mol. The van der Waals surface area contributed by atoms with Crippen LogP contribution in [0.5, 0.6) is 0 Å². The normalized spacial score (nSPS) is 32.7. The highest BCUT2D eigenvalue weighted by atomic mass is 35.5. The summed E-state index contributed by atoms with van der Waals surface area (Å²) in [6.45, 7) is 5.65. The summed E-state index contributed by atoms with van der Waals surface area (Å²) in [6.07, 6.45) is 9.82. The van der Waals surface area contributed by atoms with Gasteiger partial charge in [0.05, 0.1) is 0 Å². The lowest BCUT2D eigenvalue weighted by Crippen LogP contribution is -2.65. The maximum Gasteiger partial charge on any atom is 0.0309 e. The Morgan fingerprint density at radius 3 is 2.68 bits per heavy atom. The predicted octanol–water partition coefficient (Wildman–Crippen LogP) is 3.52. The van der Waals surface area contributed by atoms with Crippen LogP contribution in [-0.2, 0) is 0 Å². The van der Waals surface area contributed by atoms with Crippen molar-refractivity contribution in [3.63, 3.8) is 0 Å². The van der Waals surface area contributed by atoms with Gasteiger partial charge >= 0.3 is 0 Å². The summed E-state index contributed by atoms with van der Waals surface area (Å²) < 4.78 is 0. The molecule has 0 aromatic rings. The van der Waals surface area contributed by atoms with Crippen LogP contribution >= 0.6 is 11.6 Å². The molecule has 3 heteroatoms. The van der Waals surface area contributed by atoms with Gasteiger partial charge in [0, 0.05) is 36.8 Å². The molecule has 2 aliphatic carbocycles. The summed E-state index contributed by atoms with van der Waals surface area (Å²) in [7, 11) is 0. The molecule has 1 N–H and O–H groups in total. The summed E-state index contributed by atoms with van der Waals surface area (Å²) >= 11 is 5.89. The number of nitrogens with one attached hydrogen (secondary N) is 1. The Morgan fingerprint density at radius 1 is 1.32 bits per heavy atom. The lowest BCUT2D eigenvalue weighted by atomic mass is 9.79. The van der Waals surface area contributed by atoms with Crippen LogP contribution in [0.15, 0.2) is 11.1 Å². The second kappa shape index (κ2) is 5.75. The van der Waals surface area contributed by atoms with E-state index in [0.29, 0.717) is 5.54 Å². The van der Waals surface area contributed by atoms with Crippen molar-refractivity contribution in [1.29, 1.82) is 0 Å². The number of piperazine rings is 1.